The summed E-state index contributed by atoms with van der Waals surface area (Å²) in [4.78, 5) is 29.0. The van der Waals surface area contributed by atoms with E-state index in [0.29, 0.717) is 10.7 Å². The molecule has 3 rings (SSSR count). The van der Waals surface area contributed by atoms with Crippen molar-refractivity contribution in [2.75, 3.05) is 11.1 Å². The van der Waals surface area contributed by atoms with Gasteiger partial charge in [-0.25, -0.2) is 4.98 Å². The van der Waals surface area contributed by atoms with Gasteiger partial charge in [-0.1, -0.05) is 41.1 Å². The number of aryl methyl sites for hydroxylation is 2. The Labute approximate surface area is 166 Å². The van der Waals surface area contributed by atoms with Crippen molar-refractivity contribution in [1.82, 2.24) is 9.55 Å². The van der Waals surface area contributed by atoms with E-state index >= 15 is 0 Å². The summed E-state index contributed by atoms with van der Waals surface area (Å²) in [5.74, 6) is -0.0877. The SMILES string of the molecule is Cc1ccc(NC(=O)CSc2nccn(-c3ccc(Cl)cc3)c2=O)c(C)c1. The molecule has 0 radical (unpaired) electrons. The lowest BCUT2D eigenvalue weighted by Crippen LogP contribution is -2.22. The number of nitrogens with one attached hydrogen (secondary N) is 1. The quantitative estimate of drug-likeness (QED) is 0.652. The Morgan fingerprint density at radius 2 is 1.93 bits per heavy atom. The minimum absolute atomic E-state index is 0.0974. The zero-order valence-corrected chi connectivity index (χ0v) is 16.5. The molecule has 0 aliphatic carbocycles. The van der Waals surface area contributed by atoms with Crippen molar-refractivity contribution in [2.45, 2.75) is 18.9 Å². The second-order valence-electron chi connectivity index (χ2n) is 6.04. The van der Waals surface area contributed by atoms with Crippen LogP contribution in [-0.4, -0.2) is 21.2 Å². The van der Waals surface area contributed by atoms with Gasteiger partial charge < -0.3 is 5.32 Å². The van der Waals surface area contributed by atoms with Gasteiger partial charge >= 0.3 is 0 Å². The molecular weight excluding hydrogens is 382 g/mol. The molecule has 1 heterocycles. The predicted molar refractivity (Wildman–Crippen MR) is 110 cm³/mol. The first-order chi connectivity index (χ1) is 12.9. The van der Waals surface area contributed by atoms with Gasteiger partial charge in [-0.15, -0.1) is 0 Å². The number of benzene rings is 2. The molecular formula is C20H18ClN3O2S. The van der Waals surface area contributed by atoms with Gasteiger partial charge in [-0.2, -0.15) is 0 Å². The number of hydrogen-bond acceptors (Lipinski definition) is 4. The summed E-state index contributed by atoms with van der Waals surface area (Å²) < 4.78 is 1.48. The first-order valence-electron chi connectivity index (χ1n) is 8.27. The Morgan fingerprint density at radius 3 is 2.63 bits per heavy atom. The van der Waals surface area contributed by atoms with Gasteiger partial charge in [0.15, 0.2) is 5.03 Å². The van der Waals surface area contributed by atoms with E-state index in [2.05, 4.69) is 10.3 Å². The molecule has 27 heavy (non-hydrogen) atoms. The number of carbonyl (C=O) groups is 1. The minimum atomic E-state index is -0.274. The summed E-state index contributed by atoms with van der Waals surface area (Å²) in [7, 11) is 0. The Hall–Kier alpha value is -2.57. The zero-order valence-electron chi connectivity index (χ0n) is 14.9. The number of aromatic nitrogens is 2. The second-order valence-corrected chi connectivity index (χ2v) is 7.44. The molecule has 1 N–H and O–H groups in total. The second kappa shape index (κ2) is 8.41. The lowest BCUT2D eigenvalue weighted by Gasteiger charge is -2.09. The van der Waals surface area contributed by atoms with Crippen LogP contribution < -0.4 is 10.9 Å². The molecule has 138 valence electrons. The maximum atomic E-state index is 12.6. The number of anilines is 1. The van der Waals surface area contributed by atoms with Gasteiger partial charge in [0.2, 0.25) is 5.91 Å². The fourth-order valence-corrected chi connectivity index (χ4v) is 3.39. The molecule has 0 saturated heterocycles. The molecule has 0 aliphatic heterocycles. The van der Waals surface area contributed by atoms with Crippen LogP contribution in [0.3, 0.4) is 0 Å². The topological polar surface area (TPSA) is 64.0 Å². The van der Waals surface area contributed by atoms with E-state index in [9.17, 15) is 9.59 Å². The molecule has 5 nitrogen and oxygen atoms in total. The van der Waals surface area contributed by atoms with Gasteiger partial charge in [-0.3, -0.25) is 14.2 Å². The molecule has 0 spiro atoms. The lowest BCUT2D eigenvalue weighted by atomic mass is 10.1. The average Bonchev–Trinajstić information content (AvgIpc) is 2.64. The molecule has 0 saturated carbocycles. The summed E-state index contributed by atoms with van der Waals surface area (Å²) in [5, 5.41) is 3.73. The highest BCUT2D eigenvalue weighted by molar-refractivity contribution is 7.99. The van der Waals surface area contributed by atoms with Crippen molar-refractivity contribution in [2.24, 2.45) is 0 Å². The van der Waals surface area contributed by atoms with Crippen molar-refractivity contribution in [3.63, 3.8) is 0 Å². The van der Waals surface area contributed by atoms with E-state index < -0.39 is 0 Å². The molecule has 1 aromatic heterocycles. The Bertz CT molecular complexity index is 1030. The number of halogens is 1. The van der Waals surface area contributed by atoms with E-state index in [4.69, 9.17) is 11.6 Å². The Kier molecular flexibility index (Phi) is 5.98. The molecule has 0 unspecified atom stereocenters. The molecule has 2 aromatic carbocycles. The van der Waals surface area contributed by atoms with Gasteiger partial charge in [0.25, 0.3) is 5.56 Å². The first kappa shape index (κ1) is 19.2. The summed E-state index contributed by atoms with van der Waals surface area (Å²) in [6, 6.07) is 12.8. The van der Waals surface area contributed by atoms with E-state index in [-0.39, 0.29) is 22.2 Å². The average molecular weight is 400 g/mol. The van der Waals surface area contributed by atoms with E-state index in [1.54, 1.807) is 36.7 Å². The van der Waals surface area contributed by atoms with Gasteiger partial charge in [-0.05, 0) is 49.7 Å². The van der Waals surface area contributed by atoms with E-state index in [0.717, 1.165) is 28.6 Å². The summed E-state index contributed by atoms with van der Waals surface area (Å²) in [6.45, 7) is 3.94. The number of rotatable bonds is 5. The number of thioether (sulfide) groups is 1. The zero-order chi connectivity index (χ0) is 19.4. The van der Waals surface area contributed by atoms with Crippen molar-refractivity contribution >= 4 is 35.0 Å². The minimum Gasteiger partial charge on any atom is -0.325 e. The normalized spacial score (nSPS) is 10.6. The molecule has 0 bridgehead atoms. The van der Waals surface area contributed by atoms with Gasteiger partial charge in [0, 0.05) is 28.8 Å². The van der Waals surface area contributed by atoms with Crippen LogP contribution >= 0.6 is 23.4 Å². The van der Waals surface area contributed by atoms with E-state index in [1.807, 2.05) is 32.0 Å². The fourth-order valence-electron chi connectivity index (χ4n) is 2.57. The number of carbonyl (C=O) groups excluding carboxylic acids is 1. The van der Waals surface area contributed by atoms with Crippen LogP contribution in [0.1, 0.15) is 11.1 Å². The molecule has 7 heteroatoms. The van der Waals surface area contributed by atoms with Crippen molar-refractivity contribution < 1.29 is 4.79 Å². The largest absolute Gasteiger partial charge is 0.325 e. The van der Waals surface area contributed by atoms with Crippen molar-refractivity contribution in [3.8, 4) is 5.69 Å². The van der Waals surface area contributed by atoms with Crippen LogP contribution in [0.15, 0.2) is 64.7 Å². The summed E-state index contributed by atoms with van der Waals surface area (Å²) in [6.07, 6.45) is 3.13. The third kappa shape index (κ3) is 4.78. The highest BCUT2D eigenvalue weighted by Gasteiger charge is 2.11. The number of hydrogen-bond donors (Lipinski definition) is 1. The molecule has 0 atom stereocenters. The highest BCUT2D eigenvalue weighted by Crippen LogP contribution is 2.18. The van der Waals surface area contributed by atoms with E-state index in [1.165, 1.54) is 4.57 Å². The third-order valence-corrected chi connectivity index (χ3v) is 5.12. The van der Waals surface area contributed by atoms with Gasteiger partial charge in [0.05, 0.1) is 5.75 Å². The third-order valence-electron chi connectivity index (χ3n) is 3.91. The molecule has 0 aliphatic rings. The monoisotopic (exact) mass is 399 g/mol. The van der Waals surface area contributed by atoms with Crippen LogP contribution in [0, 0.1) is 13.8 Å². The Morgan fingerprint density at radius 1 is 1.19 bits per heavy atom. The molecule has 1 amide bonds. The molecule has 3 aromatic rings. The van der Waals surface area contributed by atoms with Crippen LogP contribution in [0.25, 0.3) is 5.69 Å². The maximum Gasteiger partial charge on any atom is 0.287 e. The Balaban J connectivity index is 1.71. The smallest absolute Gasteiger partial charge is 0.287 e. The number of nitrogens with zero attached hydrogens (tertiary/aromatic N) is 2. The number of amides is 1. The van der Waals surface area contributed by atoms with Crippen LogP contribution in [-0.2, 0) is 4.79 Å². The van der Waals surface area contributed by atoms with Crippen LogP contribution in [0.4, 0.5) is 5.69 Å². The van der Waals surface area contributed by atoms with Crippen molar-refractivity contribution in [3.05, 3.63) is 81.4 Å². The predicted octanol–water partition coefficient (Wildman–Crippen LogP) is 4.23. The summed E-state index contributed by atoms with van der Waals surface area (Å²) in [5.41, 5.74) is 3.32. The van der Waals surface area contributed by atoms with Crippen molar-refractivity contribution in [1.29, 1.82) is 0 Å². The van der Waals surface area contributed by atoms with Gasteiger partial charge in [0.1, 0.15) is 0 Å². The standard InChI is InChI=1S/C20H18ClN3O2S/c1-13-3-8-17(14(2)11-13)23-18(25)12-27-19-20(26)24(10-9-22-19)16-6-4-15(21)5-7-16/h3-11H,12H2,1-2H3,(H,23,25). The lowest BCUT2D eigenvalue weighted by molar-refractivity contribution is -0.113. The first-order valence-corrected chi connectivity index (χ1v) is 9.64. The highest BCUT2D eigenvalue weighted by atomic mass is 35.5. The molecule has 0 fully saturated rings. The fraction of sp³-hybridized carbons (Fsp3) is 0.150. The van der Waals surface area contributed by atoms with Crippen LogP contribution in [0.5, 0.6) is 0 Å². The maximum absolute atomic E-state index is 12.6. The van der Waals surface area contributed by atoms with Crippen LogP contribution in [0.2, 0.25) is 5.02 Å². The summed E-state index contributed by atoms with van der Waals surface area (Å²) >= 11 is 7.01.